The molecule has 2 aromatic rings. The van der Waals surface area contributed by atoms with Crippen molar-refractivity contribution in [2.24, 2.45) is 5.92 Å². The standard InChI is InChI=1S/C33H43N5O4/c1-23(34-2)31(40)35-30(26-16-10-5-11-17-26)33(42)37-22-29(39)38-27(20-25-14-8-4-9-15-25)32(41)36(21-28(37)38)19-18-24-12-6-3-7-13-24/h3-4,6-9,12-15,23,26-28,30,34H,5,10-11,16-22H2,1-2H3,(H,35,40)/t23-,27+,28-,30-/m0/s1. The Kier molecular flexibility index (Phi) is 9.57. The molecule has 224 valence electrons. The molecule has 0 unspecified atom stereocenters. The predicted octanol–water partition coefficient (Wildman–Crippen LogP) is 2.35. The van der Waals surface area contributed by atoms with Gasteiger partial charge < -0.3 is 25.3 Å². The molecule has 1 aliphatic carbocycles. The van der Waals surface area contributed by atoms with Crippen LogP contribution < -0.4 is 10.6 Å². The van der Waals surface area contributed by atoms with E-state index in [-0.39, 0.29) is 42.6 Å². The van der Waals surface area contributed by atoms with E-state index in [2.05, 4.69) is 10.6 Å². The van der Waals surface area contributed by atoms with Crippen LogP contribution in [-0.4, -0.2) is 89.3 Å². The monoisotopic (exact) mass is 573 g/mol. The number of nitrogens with zero attached hydrogens (tertiary/aromatic N) is 3. The largest absolute Gasteiger partial charge is 0.343 e. The van der Waals surface area contributed by atoms with E-state index >= 15 is 0 Å². The lowest BCUT2D eigenvalue weighted by molar-refractivity contribution is -0.156. The van der Waals surface area contributed by atoms with Gasteiger partial charge in [-0.3, -0.25) is 19.2 Å². The maximum atomic E-state index is 14.3. The van der Waals surface area contributed by atoms with Gasteiger partial charge in [-0.2, -0.15) is 0 Å². The summed E-state index contributed by atoms with van der Waals surface area (Å²) in [6, 6.07) is 17.9. The summed E-state index contributed by atoms with van der Waals surface area (Å²) in [5.74, 6) is -0.747. The van der Waals surface area contributed by atoms with E-state index in [4.69, 9.17) is 0 Å². The summed E-state index contributed by atoms with van der Waals surface area (Å²) >= 11 is 0. The van der Waals surface area contributed by atoms with Crippen molar-refractivity contribution in [2.75, 3.05) is 26.7 Å². The Morgan fingerprint density at radius 1 is 0.929 bits per heavy atom. The second kappa shape index (κ2) is 13.5. The summed E-state index contributed by atoms with van der Waals surface area (Å²) in [4.78, 5) is 59.9. The number of hydrogen-bond acceptors (Lipinski definition) is 5. The van der Waals surface area contributed by atoms with Crippen molar-refractivity contribution in [1.82, 2.24) is 25.3 Å². The van der Waals surface area contributed by atoms with Gasteiger partial charge in [0.15, 0.2) is 0 Å². The Hall–Kier alpha value is -3.72. The van der Waals surface area contributed by atoms with E-state index in [1.165, 1.54) is 0 Å². The fourth-order valence-corrected chi connectivity index (χ4v) is 6.63. The van der Waals surface area contributed by atoms with Gasteiger partial charge in [0.2, 0.25) is 23.6 Å². The number of hydrogen-bond donors (Lipinski definition) is 2. The first-order valence-electron chi connectivity index (χ1n) is 15.3. The molecule has 4 atom stereocenters. The van der Waals surface area contributed by atoms with Gasteiger partial charge in [0.1, 0.15) is 24.8 Å². The molecule has 4 amide bonds. The first-order valence-corrected chi connectivity index (χ1v) is 15.3. The van der Waals surface area contributed by atoms with Crippen molar-refractivity contribution in [3.8, 4) is 0 Å². The first kappa shape index (κ1) is 29.8. The highest BCUT2D eigenvalue weighted by molar-refractivity contribution is 5.97. The van der Waals surface area contributed by atoms with Crippen LogP contribution in [0.1, 0.15) is 50.2 Å². The maximum absolute atomic E-state index is 14.3. The van der Waals surface area contributed by atoms with Crippen molar-refractivity contribution in [3.63, 3.8) is 0 Å². The quantitative estimate of drug-likeness (QED) is 0.455. The Balaban J connectivity index is 1.43. The molecule has 0 bridgehead atoms. The molecule has 3 fully saturated rings. The Morgan fingerprint density at radius 2 is 1.57 bits per heavy atom. The summed E-state index contributed by atoms with van der Waals surface area (Å²) in [7, 11) is 1.72. The minimum Gasteiger partial charge on any atom is -0.343 e. The van der Waals surface area contributed by atoms with E-state index in [0.717, 1.165) is 43.2 Å². The van der Waals surface area contributed by atoms with Crippen LogP contribution in [0.3, 0.4) is 0 Å². The minimum atomic E-state index is -0.704. The molecule has 2 saturated heterocycles. The summed E-state index contributed by atoms with van der Waals surface area (Å²) in [6.07, 6.45) is 5.37. The summed E-state index contributed by atoms with van der Waals surface area (Å²) in [5, 5.41) is 6.00. The number of likely N-dealkylation sites (N-methyl/N-ethyl adjacent to an activating group) is 1. The first-order chi connectivity index (χ1) is 20.4. The molecular formula is C33H43N5O4. The van der Waals surface area contributed by atoms with Crippen LogP contribution in [0.25, 0.3) is 0 Å². The summed E-state index contributed by atoms with van der Waals surface area (Å²) in [5.41, 5.74) is 2.09. The lowest BCUT2D eigenvalue weighted by Gasteiger charge is -2.45. The van der Waals surface area contributed by atoms with Crippen molar-refractivity contribution in [2.45, 2.75) is 76.2 Å². The number of piperazine rings is 1. The molecule has 5 rings (SSSR count). The zero-order chi connectivity index (χ0) is 29.6. The van der Waals surface area contributed by atoms with Gasteiger partial charge in [0, 0.05) is 13.0 Å². The molecule has 2 aliphatic heterocycles. The van der Waals surface area contributed by atoms with Crippen LogP contribution >= 0.6 is 0 Å². The van der Waals surface area contributed by atoms with Crippen LogP contribution in [0.4, 0.5) is 0 Å². The zero-order valence-electron chi connectivity index (χ0n) is 24.7. The van der Waals surface area contributed by atoms with E-state index in [0.29, 0.717) is 19.4 Å². The van der Waals surface area contributed by atoms with Gasteiger partial charge in [0.25, 0.3) is 0 Å². The zero-order valence-corrected chi connectivity index (χ0v) is 24.7. The van der Waals surface area contributed by atoms with Gasteiger partial charge in [-0.05, 0) is 50.3 Å². The highest BCUT2D eigenvalue weighted by Crippen LogP contribution is 2.32. The van der Waals surface area contributed by atoms with Crippen LogP contribution in [0.15, 0.2) is 60.7 Å². The van der Waals surface area contributed by atoms with Crippen molar-refractivity contribution in [1.29, 1.82) is 0 Å². The summed E-state index contributed by atoms with van der Waals surface area (Å²) in [6.45, 7) is 2.43. The van der Waals surface area contributed by atoms with E-state index in [1.807, 2.05) is 65.6 Å². The van der Waals surface area contributed by atoms with Gasteiger partial charge in [-0.15, -0.1) is 0 Å². The summed E-state index contributed by atoms with van der Waals surface area (Å²) < 4.78 is 0. The predicted molar refractivity (Wildman–Crippen MR) is 160 cm³/mol. The molecule has 2 heterocycles. The smallest absolute Gasteiger partial charge is 0.247 e. The highest BCUT2D eigenvalue weighted by atomic mass is 16.2. The molecule has 0 spiro atoms. The third-order valence-corrected chi connectivity index (χ3v) is 9.17. The molecule has 2 N–H and O–H groups in total. The van der Waals surface area contributed by atoms with Crippen molar-refractivity contribution < 1.29 is 19.2 Å². The van der Waals surface area contributed by atoms with Gasteiger partial charge in [0.05, 0.1) is 12.6 Å². The van der Waals surface area contributed by atoms with Crippen LogP contribution in [0.5, 0.6) is 0 Å². The van der Waals surface area contributed by atoms with Crippen LogP contribution in [-0.2, 0) is 32.0 Å². The number of amides is 4. The molecule has 3 aliphatic rings. The molecule has 1 saturated carbocycles. The maximum Gasteiger partial charge on any atom is 0.247 e. The lowest BCUT2D eigenvalue weighted by atomic mass is 9.83. The molecular weight excluding hydrogens is 530 g/mol. The van der Waals surface area contributed by atoms with E-state index in [1.54, 1.807) is 23.8 Å². The molecule has 42 heavy (non-hydrogen) atoms. The average molecular weight is 574 g/mol. The fourth-order valence-electron chi connectivity index (χ4n) is 6.63. The lowest BCUT2D eigenvalue weighted by Crippen LogP contribution is -2.66. The number of carbonyl (C=O) groups is 4. The van der Waals surface area contributed by atoms with Crippen molar-refractivity contribution in [3.05, 3.63) is 71.8 Å². The SMILES string of the molecule is CN[C@@H](C)C(=O)N[C@H](C(=O)N1CC(=O)N2[C@H](Cc3ccccc3)C(=O)N(CCc3ccccc3)C[C@@H]12)C1CCCCC1. The van der Waals surface area contributed by atoms with E-state index in [9.17, 15) is 19.2 Å². The van der Waals surface area contributed by atoms with E-state index < -0.39 is 24.3 Å². The van der Waals surface area contributed by atoms with Crippen LogP contribution in [0, 0.1) is 5.92 Å². The number of carbonyl (C=O) groups excluding carboxylic acids is 4. The Bertz CT molecular complexity index is 1250. The molecule has 9 nitrogen and oxygen atoms in total. The molecule has 2 aromatic carbocycles. The number of benzene rings is 2. The Morgan fingerprint density at radius 3 is 2.21 bits per heavy atom. The molecule has 9 heteroatoms. The Labute approximate surface area is 248 Å². The second-order valence-corrected chi connectivity index (χ2v) is 11.9. The third kappa shape index (κ3) is 6.51. The third-order valence-electron chi connectivity index (χ3n) is 9.17. The molecule has 0 radical (unpaired) electrons. The van der Waals surface area contributed by atoms with Gasteiger partial charge in [-0.25, -0.2) is 0 Å². The molecule has 0 aromatic heterocycles. The topological polar surface area (TPSA) is 102 Å². The van der Waals surface area contributed by atoms with Crippen LogP contribution in [0.2, 0.25) is 0 Å². The fraction of sp³-hybridized carbons (Fsp3) is 0.515. The van der Waals surface area contributed by atoms with Gasteiger partial charge >= 0.3 is 0 Å². The normalized spacial score (nSPS) is 22.6. The highest BCUT2D eigenvalue weighted by Gasteiger charge is 2.52. The number of nitrogens with one attached hydrogen (secondary N) is 2. The number of rotatable bonds is 10. The number of fused-ring (bicyclic) bond motifs is 1. The minimum absolute atomic E-state index is 0.0166. The average Bonchev–Trinajstić information content (AvgIpc) is 3.36. The second-order valence-electron chi connectivity index (χ2n) is 11.9. The van der Waals surface area contributed by atoms with Crippen molar-refractivity contribution >= 4 is 23.6 Å². The van der Waals surface area contributed by atoms with Gasteiger partial charge in [-0.1, -0.05) is 79.9 Å².